The van der Waals surface area contributed by atoms with Crippen molar-refractivity contribution in [2.75, 3.05) is 19.8 Å². The molecule has 9 nitrogen and oxygen atoms in total. The number of nitrogens with zero attached hydrogens (tertiary/aromatic N) is 1. The first-order chi connectivity index (χ1) is 14.0. The molecule has 9 heteroatoms. The summed E-state index contributed by atoms with van der Waals surface area (Å²) in [5.41, 5.74) is -1.84. The van der Waals surface area contributed by atoms with Crippen LogP contribution in [0.5, 0.6) is 11.5 Å². The monoisotopic (exact) mass is 420 g/mol. The van der Waals surface area contributed by atoms with Crippen LogP contribution < -0.4 is 14.8 Å². The molecule has 0 aliphatic carbocycles. The molecular weight excluding hydrogens is 392 g/mol. The van der Waals surface area contributed by atoms with Gasteiger partial charge in [0, 0.05) is 24.6 Å². The number of fused-ring (bicyclic) bond motifs is 1. The maximum atomic E-state index is 12.7. The predicted molar refractivity (Wildman–Crippen MR) is 107 cm³/mol. The number of carboxylic acids is 1. The lowest BCUT2D eigenvalue weighted by Gasteiger charge is -2.44. The van der Waals surface area contributed by atoms with Gasteiger partial charge < -0.3 is 24.6 Å². The summed E-state index contributed by atoms with van der Waals surface area (Å²) in [7, 11) is 0. The van der Waals surface area contributed by atoms with E-state index in [4.69, 9.17) is 14.2 Å². The largest absolute Gasteiger partial charge is 0.486 e. The van der Waals surface area contributed by atoms with Crippen molar-refractivity contribution in [3.63, 3.8) is 0 Å². The third kappa shape index (κ3) is 4.60. The SMILES string of the molecule is CC(C)(C)OC(=O)N1CC[C@@H](NC(=O)c2ccc3c(c2)OCCO3)C[C@]1(C)C(=O)O. The predicted octanol–water partition coefficient (Wildman–Crippen LogP) is 2.43. The van der Waals surface area contributed by atoms with Crippen LogP contribution in [-0.4, -0.2) is 64.9 Å². The number of piperidine rings is 1. The Morgan fingerprint density at radius 2 is 1.87 bits per heavy atom. The number of carbonyl (C=O) groups is 3. The Morgan fingerprint density at radius 1 is 1.20 bits per heavy atom. The average Bonchev–Trinajstić information content (AvgIpc) is 2.66. The first-order valence-electron chi connectivity index (χ1n) is 9.94. The van der Waals surface area contributed by atoms with E-state index in [-0.39, 0.29) is 18.9 Å². The van der Waals surface area contributed by atoms with Crippen LogP contribution in [0, 0.1) is 0 Å². The van der Waals surface area contributed by atoms with Gasteiger partial charge in [-0.05, 0) is 52.3 Å². The van der Waals surface area contributed by atoms with Gasteiger partial charge in [0.05, 0.1) is 0 Å². The van der Waals surface area contributed by atoms with Crippen LogP contribution in [0.25, 0.3) is 0 Å². The Hall–Kier alpha value is -2.97. The maximum absolute atomic E-state index is 12.7. The number of ether oxygens (including phenoxy) is 3. The summed E-state index contributed by atoms with van der Waals surface area (Å²) in [5.74, 6) is -0.395. The highest BCUT2D eigenvalue weighted by molar-refractivity contribution is 5.95. The van der Waals surface area contributed by atoms with Gasteiger partial charge in [0.1, 0.15) is 24.4 Å². The van der Waals surface area contributed by atoms with Crippen molar-refractivity contribution in [2.45, 2.75) is 57.7 Å². The fourth-order valence-electron chi connectivity index (χ4n) is 3.61. The summed E-state index contributed by atoms with van der Waals surface area (Å²) in [4.78, 5) is 38.5. The number of hydrogen-bond donors (Lipinski definition) is 2. The molecule has 2 aliphatic heterocycles. The molecule has 1 saturated heterocycles. The van der Waals surface area contributed by atoms with E-state index < -0.39 is 29.2 Å². The molecule has 0 unspecified atom stereocenters. The molecule has 0 aromatic heterocycles. The van der Waals surface area contributed by atoms with Crippen molar-refractivity contribution in [2.24, 2.45) is 0 Å². The first kappa shape index (κ1) is 21.7. The smallest absolute Gasteiger partial charge is 0.411 e. The fourth-order valence-corrected chi connectivity index (χ4v) is 3.61. The Bertz CT molecular complexity index is 848. The minimum Gasteiger partial charge on any atom is -0.486 e. The lowest BCUT2D eigenvalue weighted by Crippen LogP contribution is -2.63. The minimum atomic E-state index is -1.49. The number of aliphatic carboxylic acids is 1. The van der Waals surface area contributed by atoms with Crippen LogP contribution in [0.3, 0.4) is 0 Å². The molecule has 1 aromatic rings. The number of carboxylic acid groups (broad SMARTS) is 1. The van der Waals surface area contributed by atoms with Gasteiger partial charge in [-0.25, -0.2) is 9.59 Å². The maximum Gasteiger partial charge on any atom is 0.411 e. The number of carbonyl (C=O) groups excluding carboxylic acids is 2. The molecule has 0 radical (unpaired) electrons. The van der Waals surface area contributed by atoms with E-state index in [0.717, 1.165) is 0 Å². The van der Waals surface area contributed by atoms with Crippen molar-refractivity contribution in [3.8, 4) is 11.5 Å². The molecule has 1 aromatic carbocycles. The molecule has 2 amide bonds. The van der Waals surface area contributed by atoms with Crippen LogP contribution in [0.4, 0.5) is 4.79 Å². The molecule has 2 atom stereocenters. The zero-order chi connectivity index (χ0) is 22.1. The van der Waals surface area contributed by atoms with Gasteiger partial charge in [-0.1, -0.05) is 0 Å². The molecule has 1 fully saturated rings. The third-order valence-corrected chi connectivity index (χ3v) is 5.15. The second kappa shape index (κ2) is 8.04. The highest BCUT2D eigenvalue weighted by Crippen LogP contribution is 2.32. The quantitative estimate of drug-likeness (QED) is 0.772. The Balaban J connectivity index is 1.71. The molecule has 164 valence electrons. The highest BCUT2D eigenvalue weighted by Gasteiger charge is 2.48. The summed E-state index contributed by atoms with van der Waals surface area (Å²) >= 11 is 0. The van der Waals surface area contributed by atoms with Gasteiger partial charge in [-0.15, -0.1) is 0 Å². The molecule has 2 N–H and O–H groups in total. The van der Waals surface area contributed by atoms with Gasteiger partial charge in [0.15, 0.2) is 11.5 Å². The molecule has 2 aliphatic rings. The second-order valence-electron chi connectivity index (χ2n) is 8.73. The zero-order valence-electron chi connectivity index (χ0n) is 17.7. The number of hydrogen-bond acceptors (Lipinski definition) is 6. The molecule has 3 rings (SSSR count). The lowest BCUT2D eigenvalue weighted by molar-refractivity contribution is -0.153. The van der Waals surface area contributed by atoms with Crippen molar-refractivity contribution in [3.05, 3.63) is 23.8 Å². The van der Waals surface area contributed by atoms with Gasteiger partial charge in [-0.3, -0.25) is 9.69 Å². The fraction of sp³-hybridized carbons (Fsp3) is 0.571. The molecule has 2 heterocycles. The average molecular weight is 420 g/mol. The Morgan fingerprint density at radius 3 is 2.50 bits per heavy atom. The molecule has 0 bridgehead atoms. The minimum absolute atomic E-state index is 0.0673. The van der Waals surface area contributed by atoms with Gasteiger partial charge in [0.25, 0.3) is 5.91 Å². The van der Waals surface area contributed by atoms with Crippen molar-refractivity contribution >= 4 is 18.0 Å². The van der Waals surface area contributed by atoms with Crippen LogP contribution in [-0.2, 0) is 9.53 Å². The first-order valence-corrected chi connectivity index (χ1v) is 9.94. The zero-order valence-corrected chi connectivity index (χ0v) is 17.7. The molecule has 0 saturated carbocycles. The van der Waals surface area contributed by atoms with Crippen LogP contribution in [0.1, 0.15) is 50.9 Å². The van der Waals surface area contributed by atoms with Crippen molar-refractivity contribution < 1.29 is 33.7 Å². The molecule has 0 spiro atoms. The van der Waals surface area contributed by atoms with Crippen molar-refractivity contribution in [1.82, 2.24) is 10.2 Å². The molecular formula is C21H28N2O7. The summed E-state index contributed by atoms with van der Waals surface area (Å²) in [6.45, 7) is 7.68. The van der Waals surface area contributed by atoms with E-state index in [1.807, 2.05) is 0 Å². The normalized spacial score (nSPS) is 23.5. The third-order valence-electron chi connectivity index (χ3n) is 5.15. The van der Waals surface area contributed by atoms with Crippen LogP contribution in [0.15, 0.2) is 18.2 Å². The van der Waals surface area contributed by atoms with E-state index in [1.165, 1.54) is 11.8 Å². The Labute approximate surface area is 175 Å². The van der Waals surface area contributed by atoms with E-state index in [9.17, 15) is 19.5 Å². The van der Waals surface area contributed by atoms with Gasteiger partial charge in [0.2, 0.25) is 0 Å². The summed E-state index contributed by atoms with van der Waals surface area (Å²) in [6, 6.07) is 4.51. The number of rotatable bonds is 3. The van der Waals surface area contributed by atoms with Gasteiger partial charge in [-0.2, -0.15) is 0 Å². The van der Waals surface area contributed by atoms with Crippen molar-refractivity contribution in [1.29, 1.82) is 0 Å². The van der Waals surface area contributed by atoms with Gasteiger partial charge >= 0.3 is 12.1 Å². The number of likely N-dealkylation sites (tertiary alicyclic amines) is 1. The Kier molecular flexibility index (Phi) is 5.83. The standard InChI is InChI=1S/C21H28N2O7/c1-20(2,3)30-19(27)23-8-7-14(12-21(23,4)18(25)26)22-17(24)13-5-6-15-16(11-13)29-10-9-28-15/h5-6,11,14H,7-10,12H2,1-4H3,(H,22,24)(H,25,26)/t14-,21-/m1/s1. The molecule has 30 heavy (non-hydrogen) atoms. The number of benzene rings is 1. The van der Waals surface area contributed by atoms with E-state index in [0.29, 0.717) is 36.7 Å². The summed E-state index contributed by atoms with van der Waals surface area (Å²) in [6.07, 6.45) is -0.194. The summed E-state index contributed by atoms with van der Waals surface area (Å²) < 4.78 is 16.3. The second-order valence-corrected chi connectivity index (χ2v) is 8.73. The number of amides is 2. The van der Waals surface area contributed by atoms with Crippen LogP contribution >= 0.6 is 0 Å². The number of nitrogens with one attached hydrogen (secondary N) is 1. The lowest BCUT2D eigenvalue weighted by atomic mass is 9.85. The van der Waals surface area contributed by atoms with Crippen LogP contribution in [0.2, 0.25) is 0 Å². The summed E-state index contributed by atoms with van der Waals surface area (Å²) in [5, 5.41) is 12.7. The topological polar surface area (TPSA) is 114 Å². The highest BCUT2D eigenvalue weighted by atomic mass is 16.6. The van der Waals surface area contributed by atoms with E-state index in [2.05, 4.69) is 5.32 Å². The van der Waals surface area contributed by atoms with E-state index >= 15 is 0 Å². The van der Waals surface area contributed by atoms with E-state index in [1.54, 1.807) is 39.0 Å².